The first-order valence-electron chi connectivity index (χ1n) is 5.31. The van der Waals surface area contributed by atoms with Gasteiger partial charge in [-0.05, 0) is 24.6 Å². The zero-order chi connectivity index (χ0) is 12.4. The number of ether oxygens (including phenoxy) is 1. The summed E-state index contributed by atoms with van der Waals surface area (Å²) in [6, 6.07) is 9.17. The normalized spacial score (nSPS) is 10.3. The minimum atomic E-state index is -0.110. The lowest BCUT2D eigenvalue weighted by Crippen LogP contribution is -2.19. The van der Waals surface area contributed by atoms with Crippen LogP contribution in [0.2, 0.25) is 0 Å². The SMILES string of the molecule is COc1ccc(-c2cc(=O)n(C)nc2C)cc1. The zero-order valence-corrected chi connectivity index (χ0v) is 10.1. The fourth-order valence-electron chi connectivity index (χ4n) is 1.71. The van der Waals surface area contributed by atoms with Crippen LogP contribution in [0.3, 0.4) is 0 Å². The largest absolute Gasteiger partial charge is 0.497 e. The van der Waals surface area contributed by atoms with Gasteiger partial charge in [0, 0.05) is 18.7 Å². The van der Waals surface area contributed by atoms with Crippen LogP contribution < -0.4 is 10.3 Å². The Morgan fingerprint density at radius 2 is 1.88 bits per heavy atom. The van der Waals surface area contributed by atoms with Crippen LogP contribution in [0.15, 0.2) is 35.1 Å². The van der Waals surface area contributed by atoms with Gasteiger partial charge in [-0.25, -0.2) is 4.68 Å². The molecule has 88 valence electrons. The average molecular weight is 230 g/mol. The fourth-order valence-corrected chi connectivity index (χ4v) is 1.71. The van der Waals surface area contributed by atoms with Crippen molar-refractivity contribution >= 4 is 0 Å². The number of rotatable bonds is 2. The minimum Gasteiger partial charge on any atom is -0.497 e. The second-order valence-corrected chi connectivity index (χ2v) is 3.83. The molecule has 0 atom stereocenters. The highest BCUT2D eigenvalue weighted by molar-refractivity contribution is 5.65. The number of nitrogens with zero attached hydrogens (tertiary/aromatic N) is 2. The molecule has 0 spiro atoms. The molecule has 0 aliphatic heterocycles. The van der Waals surface area contributed by atoms with E-state index in [1.54, 1.807) is 20.2 Å². The molecule has 4 heteroatoms. The Labute approximate surface area is 99.5 Å². The van der Waals surface area contributed by atoms with Crippen LogP contribution in [-0.2, 0) is 7.05 Å². The van der Waals surface area contributed by atoms with Crippen molar-refractivity contribution in [1.82, 2.24) is 9.78 Å². The maximum Gasteiger partial charge on any atom is 0.267 e. The Bertz CT molecular complexity index is 585. The van der Waals surface area contributed by atoms with Gasteiger partial charge in [0.25, 0.3) is 5.56 Å². The summed E-state index contributed by atoms with van der Waals surface area (Å²) < 4.78 is 6.43. The second-order valence-electron chi connectivity index (χ2n) is 3.83. The molecule has 1 heterocycles. The summed E-state index contributed by atoms with van der Waals surface area (Å²) in [5, 5.41) is 4.16. The van der Waals surface area contributed by atoms with Crippen molar-refractivity contribution < 1.29 is 4.74 Å². The molecule has 0 fully saturated rings. The molecule has 0 radical (unpaired) electrons. The van der Waals surface area contributed by atoms with Crippen molar-refractivity contribution in [2.24, 2.45) is 7.05 Å². The summed E-state index contributed by atoms with van der Waals surface area (Å²) in [7, 11) is 3.27. The van der Waals surface area contributed by atoms with E-state index in [0.717, 1.165) is 22.6 Å². The van der Waals surface area contributed by atoms with Crippen LogP contribution in [0, 0.1) is 6.92 Å². The number of aryl methyl sites for hydroxylation is 2. The Morgan fingerprint density at radius 1 is 1.24 bits per heavy atom. The molecule has 2 aromatic rings. The molecule has 0 N–H and O–H groups in total. The smallest absolute Gasteiger partial charge is 0.267 e. The number of aromatic nitrogens is 2. The van der Waals surface area contributed by atoms with E-state index in [1.807, 2.05) is 31.2 Å². The van der Waals surface area contributed by atoms with E-state index in [0.29, 0.717) is 0 Å². The topological polar surface area (TPSA) is 44.1 Å². The monoisotopic (exact) mass is 230 g/mol. The van der Waals surface area contributed by atoms with Gasteiger partial charge in [-0.3, -0.25) is 4.79 Å². The lowest BCUT2D eigenvalue weighted by molar-refractivity contribution is 0.415. The molecular formula is C13H14N2O2. The van der Waals surface area contributed by atoms with Gasteiger partial charge in [0.05, 0.1) is 12.8 Å². The van der Waals surface area contributed by atoms with Crippen LogP contribution in [0.1, 0.15) is 5.69 Å². The summed E-state index contributed by atoms with van der Waals surface area (Å²) in [5.41, 5.74) is 2.54. The van der Waals surface area contributed by atoms with Gasteiger partial charge in [-0.15, -0.1) is 0 Å². The molecule has 1 aromatic heterocycles. The highest BCUT2D eigenvalue weighted by Gasteiger charge is 2.05. The standard InChI is InChI=1S/C13H14N2O2/c1-9-12(8-13(16)15(2)14-9)10-4-6-11(17-3)7-5-10/h4-8H,1-3H3. The Kier molecular flexibility index (Phi) is 2.95. The predicted octanol–water partition coefficient (Wildman–Crippen LogP) is 1.76. The first kappa shape index (κ1) is 11.4. The summed E-state index contributed by atoms with van der Waals surface area (Å²) in [6.07, 6.45) is 0. The molecule has 0 bridgehead atoms. The molecule has 4 nitrogen and oxygen atoms in total. The number of benzene rings is 1. The van der Waals surface area contributed by atoms with Crippen molar-refractivity contribution in [3.05, 3.63) is 46.4 Å². The van der Waals surface area contributed by atoms with E-state index in [2.05, 4.69) is 5.10 Å². The second kappa shape index (κ2) is 4.41. The fraction of sp³-hybridized carbons (Fsp3) is 0.231. The lowest BCUT2D eigenvalue weighted by atomic mass is 10.1. The molecule has 0 unspecified atom stereocenters. The highest BCUT2D eigenvalue weighted by atomic mass is 16.5. The van der Waals surface area contributed by atoms with Gasteiger partial charge >= 0.3 is 0 Å². The highest BCUT2D eigenvalue weighted by Crippen LogP contribution is 2.22. The van der Waals surface area contributed by atoms with Crippen molar-refractivity contribution in [1.29, 1.82) is 0 Å². The molecule has 0 aliphatic carbocycles. The van der Waals surface area contributed by atoms with Crippen molar-refractivity contribution in [2.45, 2.75) is 6.92 Å². The van der Waals surface area contributed by atoms with Crippen LogP contribution >= 0.6 is 0 Å². The van der Waals surface area contributed by atoms with E-state index in [4.69, 9.17) is 4.74 Å². The third-order valence-electron chi connectivity index (χ3n) is 2.68. The van der Waals surface area contributed by atoms with E-state index >= 15 is 0 Å². The molecule has 0 saturated heterocycles. The third kappa shape index (κ3) is 2.20. The van der Waals surface area contributed by atoms with Crippen molar-refractivity contribution in [3.8, 4) is 16.9 Å². The summed E-state index contributed by atoms with van der Waals surface area (Å²) in [4.78, 5) is 11.6. The van der Waals surface area contributed by atoms with Gasteiger partial charge in [0.1, 0.15) is 5.75 Å². The third-order valence-corrected chi connectivity index (χ3v) is 2.68. The van der Waals surface area contributed by atoms with Gasteiger partial charge in [0.2, 0.25) is 0 Å². The van der Waals surface area contributed by atoms with E-state index in [1.165, 1.54) is 4.68 Å². The summed E-state index contributed by atoms with van der Waals surface area (Å²) >= 11 is 0. The predicted molar refractivity (Wildman–Crippen MR) is 66.2 cm³/mol. The Hall–Kier alpha value is -2.10. The lowest BCUT2D eigenvalue weighted by Gasteiger charge is -2.07. The van der Waals surface area contributed by atoms with Crippen LogP contribution in [0.5, 0.6) is 5.75 Å². The van der Waals surface area contributed by atoms with E-state index in [9.17, 15) is 4.79 Å². The molecule has 0 aliphatic rings. The maximum atomic E-state index is 11.6. The average Bonchev–Trinajstić information content (AvgIpc) is 2.34. The first-order chi connectivity index (χ1) is 8.11. The van der Waals surface area contributed by atoms with Gasteiger partial charge in [-0.2, -0.15) is 5.10 Å². The number of hydrogen-bond acceptors (Lipinski definition) is 3. The number of methoxy groups -OCH3 is 1. The Balaban J connectivity index is 2.52. The summed E-state index contributed by atoms with van der Waals surface area (Å²) in [6.45, 7) is 1.89. The number of hydrogen-bond donors (Lipinski definition) is 0. The van der Waals surface area contributed by atoms with Crippen LogP contribution in [0.4, 0.5) is 0 Å². The molecule has 2 rings (SSSR count). The molecule has 1 aromatic carbocycles. The molecule has 17 heavy (non-hydrogen) atoms. The van der Waals surface area contributed by atoms with Crippen molar-refractivity contribution in [2.75, 3.05) is 7.11 Å². The summed E-state index contributed by atoms with van der Waals surface area (Å²) in [5.74, 6) is 0.795. The van der Waals surface area contributed by atoms with E-state index in [-0.39, 0.29) is 5.56 Å². The minimum absolute atomic E-state index is 0.110. The quantitative estimate of drug-likeness (QED) is 0.789. The van der Waals surface area contributed by atoms with Gasteiger partial charge in [0.15, 0.2) is 0 Å². The van der Waals surface area contributed by atoms with E-state index < -0.39 is 0 Å². The maximum absolute atomic E-state index is 11.6. The molecule has 0 saturated carbocycles. The van der Waals surface area contributed by atoms with Crippen LogP contribution in [0.25, 0.3) is 11.1 Å². The van der Waals surface area contributed by atoms with Gasteiger partial charge < -0.3 is 4.74 Å². The first-order valence-corrected chi connectivity index (χ1v) is 5.31. The molecule has 0 amide bonds. The Morgan fingerprint density at radius 3 is 2.47 bits per heavy atom. The van der Waals surface area contributed by atoms with Crippen molar-refractivity contribution in [3.63, 3.8) is 0 Å². The zero-order valence-electron chi connectivity index (χ0n) is 10.1. The molecular weight excluding hydrogens is 216 g/mol. The van der Waals surface area contributed by atoms with Crippen LogP contribution in [-0.4, -0.2) is 16.9 Å². The van der Waals surface area contributed by atoms with Gasteiger partial charge in [-0.1, -0.05) is 12.1 Å².